The molecule has 0 aliphatic rings. The first-order chi connectivity index (χ1) is 8.32. The quantitative estimate of drug-likeness (QED) is 0.302. The van der Waals surface area contributed by atoms with E-state index in [0.29, 0.717) is 6.42 Å². The molecule has 0 aromatic heterocycles. The Morgan fingerprint density at radius 1 is 1.22 bits per heavy atom. The molecule has 0 bridgehead atoms. The molecule has 0 spiro atoms. The van der Waals surface area contributed by atoms with E-state index in [1.165, 1.54) is 0 Å². The van der Waals surface area contributed by atoms with Crippen LogP contribution in [-0.4, -0.2) is 61.3 Å². The number of carboxylic acids is 1. The van der Waals surface area contributed by atoms with Gasteiger partial charge < -0.3 is 21.1 Å². The Balaban J connectivity index is 3.98. The molecule has 0 aliphatic heterocycles. The van der Waals surface area contributed by atoms with Crippen molar-refractivity contribution in [3.05, 3.63) is 0 Å². The lowest BCUT2D eigenvalue weighted by Gasteiger charge is -2.12. The molecule has 0 radical (unpaired) electrons. The number of aliphatic carboxylic acids is 1. The van der Waals surface area contributed by atoms with Crippen LogP contribution in [0.15, 0.2) is 0 Å². The first kappa shape index (κ1) is 17.3. The average Bonchev–Trinajstić information content (AvgIpc) is 2.31. The standard InChI is InChI=1S/C9H20N2O6S/c10-8(9(14)15)2-4-18(16,17)11-3-1-7(5-12)6-13/h7-8,11-13H,1-6,10H2,(H,14,15). The van der Waals surface area contributed by atoms with Crippen LogP contribution in [0.3, 0.4) is 0 Å². The zero-order valence-electron chi connectivity index (χ0n) is 9.95. The summed E-state index contributed by atoms with van der Waals surface area (Å²) in [5.41, 5.74) is 5.19. The fourth-order valence-corrected chi connectivity index (χ4v) is 2.27. The predicted molar refractivity (Wildman–Crippen MR) is 64.3 cm³/mol. The first-order valence-corrected chi connectivity index (χ1v) is 7.15. The molecular weight excluding hydrogens is 264 g/mol. The molecule has 0 aliphatic carbocycles. The van der Waals surface area contributed by atoms with E-state index in [1.54, 1.807) is 0 Å². The van der Waals surface area contributed by atoms with Crippen LogP contribution in [0, 0.1) is 5.92 Å². The van der Waals surface area contributed by atoms with Crippen LogP contribution in [0.4, 0.5) is 0 Å². The van der Waals surface area contributed by atoms with Crippen LogP contribution in [0.1, 0.15) is 12.8 Å². The number of rotatable bonds is 10. The van der Waals surface area contributed by atoms with Crippen molar-refractivity contribution in [3.63, 3.8) is 0 Å². The van der Waals surface area contributed by atoms with Crippen molar-refractivity contribution in [3.8, 4) is 0 Å². The van der Waals surface area contributed by atoms with Gasteiger partial charge in [-0.25, -0.2) is 13.1 Å². The lowest BCUT2D eigenvalue weighted by atomic mass is 10.1. The van der Waals surface area contributed by atoms with E-state index in [-0.39, 0.29) is 37.9 Å². The van der Waals surface area contributed by atoms with Gasteiger partial charge in [-0.05, 0) is 12.8 Å². The summed E-state index contributed by atoms with van der Waals surface area (Å²) < 4.78 is 25.1. The van der Waals surface area contributed by atoms with Crippen LogP contribution in [0.2, 0.25) is 0 Å². The Hall–Kier alpha value is -0.740. The van der Waals surface area contributed by atoms with Gasteiger partial charge in [0.05, 0.1) is 5.75 Å². The minimum absolute atomic E-state index is 0.0798. The van der Waals surface area contributed by atoms with E-state index >= 15 is 0 Å². The van der Waals surface area contributed by atoms with Gasteiger partial charge in [0.2, 0.25) is 10.0 Å². The second-order valence-corrected chi connectivity index (χ2v) is 5.89. The summed E-state index contributed by atoms with van der Waals surface area (Å²) in [5, 5.41) is 26.0. The largest absolute Gasteiger partial charge is 0.480 e. The second kappa shape index (κ2) is 8.38. The summed E-state index contributed by atoms with van der Waals surface area (Å²) in [4.78, 5) is 10.4. The summed E-state index contributed by atoms with van der Waals surface area (Å²) in [5.74, 6) is -1.98. The number of aliphatic hydroxyl groups excluding tert-OH is 2. The highest BCUT2D eigenvalue weighted by Gasteiger charge is 2.17. The average molecular weight is 284 g/mol. The number of nitrogens with one attached hydrogen (secondary N) is 1. The lowest BCUT2D eigenvalue weighted by Crippen LogP contribution is -2.36. The van der Waals surface area contributed by atoms with Crippen molar-refractivity contribution in [2.75, 3.05) is 25.5 Å². The fraction of sp³-hybridized carbons (Fsp3) is 0.889. The van der Waals surface area contributed by atoms with Gasteiger partial charge in [-0.15, -0.1) is 0 Å². The molecule has 1 atom stereocenters. The molecule has 0 rings (SSSR count). The van der Waals surface area contributed by atoms with Gasteiger partial charge in [0.25, 0.3) is 0 Å². The number of carbonyl (C=O) groups is 1. The van der Waals surface area contributed by atoms with Crippen LogP contribution in [0.25, 0.3) is 0 Å². The van der Waals surface area contributed by atoms with E-state index in [9.17, 15) is 13.2 Å². The highest BCUT2D eigenvalue weighted by atomic mass is 32.2. The third-order valence-corrected chi connectivity index (χ3v) is 3.82. The highest BCUT2D eigenvalue weighted by Crippen LogP contribution is 2.00. The van der Waals surface area contributed by atoms with Crippen LogP contribution < -0.4 is 10.5 Å². The molecule has 0 saturated heterocycles. The second-order valence-electron chi connectivity index (χ2n) is 3.97. The van der Waals surface area contributed by atoms with Gasteiger partial charge in [0, 0.05) is 25.7 Å². The third kappa shape index (κ3) is 7.56. The van der Waals surface area contributed by atoms with Gasteiger partial charge in [-0.1, -0.05) is 0 Å². The number of sulfonamides is 1. The fourth-order valence-electron chi connectivity index (χ4n) is 1.14. The van der Waals surface area contributed by atoms with E-state index in [1.807, 2.05) is 0 Å². The minimum Gasteiger partial charge on any atom is -0.480 e. The number of hydrogen-bond donors (Lipinski definition) is 5. The molecular formula is C9H20N2O6S. The summed E-state index contributed by atoms with van der Waals surface area (Å²) in [6.07, 6.45) is 0.130. The molecule has 1 unspecified atom stereocenters. The molecule has 8 nitrogen and oxygen atoms in total. The summed E-state index contributed by atoms with van der Waals surface area (Å²) in [7, 11) is -3.58. The number of aliphatic hydroxyl groups is 2. The van der Waals surface area contributed by atoms with Crippen molar-refractivity contribution in [1.82, 2.24) is 4.72 Å². The van der Waals surface area contributed by atoms with E-state index in [4.69, 9.17) is 21.1 Å². The summed E-state index contributed by atoms with van der Waals surface area (Å²) in [6, 6.07) is -1.20. The summed E-state index contributed by atoms with van der Waals surface area (Å²) >= 11 is 0. The van der Waals surface area contributed by atoms with Gasteiger partial charge in [-0.2, -0.15) is 0 Å². The Morgan fingerprint density at radius 3 is 2.22 bits per heavy atom. The van der Waals surface area contributed by atoms with Gasteiger partial charge in [-0.3, -0.25) is 4.79 Å². The van der Waals surface area contributed by atoms with Gasteiger partial charge in [0.1, 0.15) is 6.04 Å². The van der Waals surface area contributed by atoms with E-state index in [0.717, 1.165) is 0 Å². The predicted octanol–water partition coefficient (Wildman–Crippen LogP) is -2.30. The summed E-state index contributed by atoms with van der Waals surface area (Å²) in [6.45, 7) is -0.360. The third-order valence-electron chi connectivity index (χ3n) is 2.41. The van der Waals surface area contributed by atoms with Crippen molar-refractivity contribution in [1.29, 1.82) is 0 Å². The molecule has 0 aromatic carbocycles. The molecule has 18 heavy (non-hydrogen) atoms. The van der Waals surface area contributed by atoms with Crippen LogP contribution in [0.5, 0.6) is 0 Å². The van der Waals surface area contributed by atoms with Crippen molar-refractivity contribution < 1.29 is 28.5 Å². The first-order valence-electron chi connectivity index (χ1n) is 5.49. The maximum Gasteiger partial charge on any atom is 0.320 e. The minimum atomic E-state index is -3.58. The van der Waals surface area contributed by atoms with E-state index in [2.05, 4.69) is 4.72 Å². The molecule has 0 heterocycles. The Morgan fingerprint density at radius 2 is 1.78 bits per heavy atom. The monoisotopic (exact) mass is 284 g/mol. The normalized spacial score (nSPS) is 13.8. The maximum absolute atomic E-state index is 11.4. The Labute approximate surface area is 106 Å². The molecule has 108 valence electrons. The zero-order chi connectivity index (χ0) is 14.2. The molecule has 9 heteroatoms. The molecule has 0 aromatic rings. The van der Waals surface area contributed by atoms with Crippen molar-refractivity contribution >= 4 is 16.0 Å². The van der Waals surface area contributed by atoms with Crippen LogP contribution >= 0.6 is 0 Å². The van der Waals surface area contributed by atoms with E-state index < -0.39 is 22.0 Å². The van der Waals surface area contributed by atoms with Crippen molar-refractivity contribution in [2.45, 2.75) is 18.9 Å². The van der Waals surface area contributed by atoms with Gasteiger partial charge in [0.15, 0.2) is 0 Å². The Bertz CT molecular complexity index is 341. The SMILES string of the molecule is NC(CCS(=O)(=O)NCCC(CO)CO)C(=O)O. The van der Waals surface area contributed by atoms with Crippen molar-refractivity contribution in [2.24, 2.45) is 11.7 Å². The highest BCUT2D eigenvalue weighted by molar-refractivity contribution is 7.89. The molecule has 0 saturated carbocycles. The van der Waals surface area contributed by atoms with Gasteiger partial charge >= 0.3 is 5.97 Å². The number of carboxylic acid groups (broad SMARTS) is 1. The smallest absolute Gasteiger partial charge is 0.320 e. The molecule has 6 N–H and O–H groups in total. The molecule has 0 amide bonds. The topological polar surface area (TPSA) is 150 Å². The van der Waals surface area contributed by atoms with Crippen LogP contribution in [-0.2, 0) is 14.8 Å². The number of hydrogen-bond acceptors (Lipinski definition) is 6. The molecule has 0 fully saturated rings. The lowest BCUT2D eigenvalue weighted by molar-refractivity contribution is -0.138. The zero-order valence-corrected chi connectivity index (χ0v) is 10.8. The Kier molecular flexibility index (Phi) is 8.03. The maximum atomic E-state index is 11.4. The number of nitrogens with two attached hydrogens (primary N) is 1.